The van der Waals surface area contributed by atoms with Gasteiger partial charge in [-0.3, -0.25) is 12.5 Å². The van der Waals surface area contributed by atoms with E-state index >= 15 is 0 Å². The average molecular weight is 263 g/mol. The van der Waals surface area contributed by atoms with E-state index in [1.165, 1.54) is 19.3 Å². The maximum Gasteiger partial charge on any atom is 2.00 e. The van der Waals surface area contributed by atoms with Gasteiger partial charge in [-0.1, -0.05) is 25.0 Å². The Bertz CT molecular complexity index is 82.1. The van der Waals surface area contributed by atoms with E-state index in [-0.39, 0.29) is 20.4 Å². The van der Waals surface area contributed by atoms with Crippen molar-refractivity contribution >= 4 is 11.6 Å². The Labute approximate surface area is 88.4 Å². The van der Waals surface area contributed by atoms with Crippen molar-refractivity contribution in [1.29, 1.82) is 0 Å². The molecule has 0 nitrogen and oxygen atoms in total. The van der Waals surface area contributed by atoms with Crippen molar-refractivity contribution < 1.29 is 20.4 Å². The summed E-state index contributed by atoms with van der Waals surface area (Å²) in [5.74, 6) is 0. The number of allylic oxidation sites excluding steroid dienone is 4. The van der Waals surface area contributed by atoms with Crippen molar-refractivity contribution in [1.82, 2.24) is 0 Å². The number of hydrogen-bond donors (Lipinski definition) is 0. The van der Waals surface area contributed by atoms with Crippen LogP contribution in [0.1, 0.15) is 25.7 Å². The molecule has 0 atom stereocenters. The zero-order valence-corrected chi connectivity index (χ0v) is 8.77. The summed E-state index contributed by atoms with van der Waals surface area (Å²) in [5, 5.41) is 0. The Morgan fingerprint density at radius 1 is 1.09 bits per heavy atom. The van der Waals surface area contributed by atoms with Gasteiger partial charge < -0.3 is 17.7 Å². The summed E-state index contributed by atoms with van der Waals surface area (Å²) >= 11 is 4.39. The van der Waals surface area contributed by atoms with Crippen LogP contribution in [0, 0.1) is 12.5 Å². The van der Waals surface area contributed by atoms with Gasteiger partial charge in [0, 0.05) is 0 Å². The fraction of sp³-hybridized carbons (Fsp3) is 0.444. The average Bonchev–Trinajstić information content (AvgIpc) is 1.90. The van der Waals surface area contributed by atoms with E-state index in [1.54, 1.807) is 0 Å². The van der Waals surface area contributed by atoms with Crippen LogP contribution >= 0.6 is 11.6 Å². The second kappa shape index (κ2) is 13.1. The van der Waals surface area contributed by atoms with Crippen LogP contribution in [0.25, 0.3) is 0 Å². The molecule has 0 saturated heterocycles. The zero-order chi connectivity index (χ0) is 7.66. The van der Waals surface area contributed by atoms with Crippen molar-refractivity contribution in [2.75, 3.05) is 0 Å². The molecular weight excluding hydrogens is 250 g/mol. The van der Waals surface area contributed by atoms with E-state index in [2.05, 4.69) is 42.3 Å². The van der Waals surface area contributed by atoms with E-state index in [4.69, 9.17) is 0 Å². The second-order valence-corrected chi connectivity index (χ2v) is 2.00. The quantitative estimate of drug-likeness (QED) is 0.356. The Hall–Kier alpha value is 0.432. The van der Waals surface area contributed by atoms with Gasteiger partial charge in [0.2, 0.25) is 0 Å². The summed E-state index contributed by atoms with van der Waals surface area (Å²) < 4.78 is 0. The predicted octanol–water partition coefficient (Wildman–Crippen LogP) is 3.49. The van der Waals surface area contributed by atoms with Crippen molar-refractivity contribution in [2.45, 2.75) is 25.7 Å². The van der Waals surface area contributed by atoms with E-state index in [1.807, 2.05) is 0 Å². The fourth-order valence-electron chi connectivity index (χ4n) is 0.786. The molecule has 0 aromatic rings. The monoisotopic (exact) mass is 262 g/mol. The zero-order valence-electron chi connectivity index (χ0n) is 6.46. The molecule has 0 saturated carbocycles. The SMILES string of the molecule is [C-]1=CCCC=CCC1.[CH2-]Cl.[Pd+2]. The van der Waals surface area contributed by atoms with Gasteiger partial charge in [-0.15, -0.1) is 0 Å². The largest absolute Gasteiger partial charge is 2.00 e. The smallest absolute Gasteiger partial charge is 0.500 e. The van der Waals surface area contributed by atoms with Crippen LogP contribution in [-0.2, 0) is 20.4 Å². The second-order valence-electron chi connectivity index (χ2n) is 2.00. The summed E-state index contributed by atoms with van der Waals surface area (Å²) in [6, 6.07) is 0. The molecule has 11 heavy (non-hydrogen) atoms. The molecule has 0 aliphatic heterocycles. The van der Waals surface area contributed by atoms with Crippen LogP contribution in [0.4, 0.5) is 0 Å². The standard InChI is InChI=1S/C8H11.CH2Cl.Pd/c1-2-4-6-8-7-5-3-1;1-2;/h1-2,7H,3-6H2;1H2;/q2*-1;+2. The molecule has 0 unspecified atom stereocenters. The van der Waals surface area contributed by atoms with Crippen LogP contribution in [0.5, 0.6) is 0 Å². The first kappa shape index (κ1) is 14.0. The summed E-state index contributed by atoms with van der Waals surface area (Å²) in [7, 11) is 0. The van der Waals surface area contributed by atoms with Crippen molar-refractivity contribution in [3.05, 3.63) is 30.7 Å². The van der Waals surface area contributed by atoms with Crippen molar-refractivity contribution in [3.63, 3.8) is 0 Å². The molecule has 0 aromatic heterocycles. The minimum absolute atomic E-state index is 0. The molecule has 0 bridgehead atoms. The van der Waals surface area contributed by atoms with E-state index < -0.39 is 0 Å². The van der Waals surface area contributed by atoms with E-state index in [9.17, 15) is 0 Å². The van der Waals surface area contributed by atoms with Crippen molar-refractivity contribution in [2.24, 2.45) is 0 Å². The molecule has 66 valence electrons. The Morgan fingerprint density at radius 3 is 2.45 bits per heavy atom. The topological polar surface area (TPSA) is 0 Å². The van der Waals surface area contributed by atoms with Gasteiger partial charge in [0.1, 0.15) is 0 Å². The maximum atomic E-state index is 4.39. The Morgan fingerprint density at radius 2 is 1.73 bits per heavy atom. The minimum atomic E-state index is 0. The van der Waals surface area contributed by atoms with Crippen molar-refractivity contribution in [3.8, 4) is 0 Å². The fourth-order valence-corrected chi connectivity index (χ4v) is 0.786. The molecule has 1 aliphatic rings. The first-order chi connectivity index (χ1) is 5.00. The summed E-state index contributed by atoms with van der Waals surface area (Å²) in [5.41, 5.74) is 0. The molecule has 0 N–H and O–H groups in total. The van der Waals surface area contributed by atoms with Gasteiger partial charge in [0.05, 0.1) is 0 Å². The predicted molar refractivity (Wildman–Crippen MR) is 46.6 cm³/mol. The third-order valence-electron chi connectivity index (χ3n) is 1.24. The first-order valence-electron chi connectivity index (χ1n) is 3.47. The minimum Gasteiger partial charge on any atom is -0.500 e. The van der Waals surface area contributed by atoms with Crippen LogP contribution < -0.4 is 0 Å². The van der Waals surface area contributed by atoms with Gasteiger partial charge in [-0.25, -0.2) is 0 Å². The number of rotatable bonds is 0. The molecule has 0 amide bonds. The molecule has 0 spiro atoms. The molecule has 0 radical (unpaired) electrons. The Balaban J connectivity index is 0. The normalized spacial score (nSPS) is 15.1. The van der Waals surface area contributed by atoms with Crippen LogP contribution in [0.15, 0.2) is 18.2 Å². The molecule has 1 rings (SSSR count). The summed E-state index contributed by atoms with van der Waals surface area (Å²) in [6.45, 7) is 0. The van der Waals surface area contributed by atoms with Crippen LogP contribution in [0.3, 0.4) is 0 Å². The summed E-state index contributed by atoms with van der Waals surface area (Å²) in [4.78, 5) is 0. The van der Waals surface area contributed by atoms with Gasteiger partial charge in [0.15, 0.2) is 0 Å². The third-order valence-corrected chi connectivity index (χ3v) is 1.24. The van der Waals surface area contributed by atoms with E-state index in [0.717, 1.165) is 6.42 Å². The number of hydrogen-bond acceptors (Lipinski definition) is 0. The molecule has 1 aliphatic carbocycles. The summed E-state index contributed by atoms with van der Waals surface area (Å²) in [6.07, 6.45) is 17.2. The van der Waals surface area contributed by atoms with E-state index in [0.29, 0.717) is 0 Å². The van der Waals surface area contributed by atoms with Gasteiger partial charge >= 0.3 is 20.4 Å². The third kappa shape index (κ3) is 10.4. The molecule has 0 aromatic carbocycles. The number of halogens is 1. The first-order valence-corrected chi connectivity index (χ1v) is 4.00. The van der Waals surface area contributed by atoms with Crippen LogP contribution in [0.2, 0.25) is 0 Å². The van der Waals surface area contributed by atoms with Crippen LogP contribution in [-0.4, -0.2) is 0 Å². The van der Waals surface area contributed by atoms with Gasteiger partial charge in [0.25, 0.3) is 0 Å². The molecular formula is C9H13ClPd. The van der Waals surface area contributed by atoms with Gasteiger partial charge in [-0.05, 0) is 6.42 Å². The Kier molecular flexibility index (Phi) is 16.6. The molecule has 0 fully saturated rings. The van der Waals surface area contributed by atoms with Gasteiger partial charge in [-0.2, -0.15) is 6.42 Å². The maximum absolute atomic E-state index is 4.39. The molecule has 2 heteroatoms. The molecule has 0 heterocycles.